The Bertz CT molecular complexity index is 561. The summed E-state index contributed by atoms with van der Waals surface area (Å²) in [5.74, 6) is 0. The number of fused-ring (bicyclic) bond motifs is 1. The summed E-state index contributed by atoms with van der Waals surface area (Å²) in [7, 11) is 0. The van der Waals surface area contributed by atoms with Crippen LogP contribution in [0.4, 0.5) is 0 Å². The third kappa shape index (κ3) is 8.51. The Labute approximate surface area is 154 Å². The number of H-pyrrole nitrogens is 1. The van der Waals surface area contributed by atoms with Crippen molar-refractivity contribution >= 4 is 11.0 Å². The van der Waals surface area contributed by atoms with Gasteiger partial charge in [0, 0.05) is 0 Å². The van der Waals surface area contributed by atoms with E-state index in [1.54, 1.807) is 0 Å². The number of aromatic nitrogens is 3. The average Bonchev–Trinajstić information content (AvgIpc) is 3.10. The predicted octanol–water partition coefficient (Wildman–Crippen LogP) is 6.98. The van der Waals surface area contributed by atoms with Gasteiger partial charge in [-0.15, -0.1) is 0 Å². The van der Waals surface area contributed by atoms with Gasteiger partial charge >= 0.3 is 0 Å². The molecule has 0 radical (unpaired) electrons. The lowest BCUT2D eigenvalue weighted by Crippen LogP contribution is -1.87. The van der Waals surface area contributed by atoms with Crippen LogP contribution in [-0.4, -0.2) is 15.4 Å². The molecule has 3 heteroatoms. The van der Waals surface area contributed by atoms with Crippen LogP contribution < -0.4 is 0 Å². The van der Waals surface area contributed by atoms with E-state index < -0.39 is 0 Å². The van der Waals surface area contributed by atoms with E-state index >= 15 is 0 Å². The van der Waals surface area contributed by atoms with Gasteiger partial charge in [-0.3, -0.25) is 0 Å². The minimum absolute atomic E-state index is 0.963. The number of hydrogen-bond acceptors (Lipinski definition) is 2. The molecule has 2 aromatic rings. The summed E-state index contributed by atoms with van der Waals surface area (Å²) in [5.41, 5.74) is 3.34. The number of hydrogen-bond donors (Lipinski definition) is 1. The second-order valence-corrected chi connectivity index (χ2v) is 7.49. The number of benzene rings is 1. The maximum absolute atomic E-state index is 4.16. The lowest BCUT2D eigenvalue weighted by molar-refractivity contribution is 0.535. The highest BCUT2D eigenvalue weighted by atomic mass is 15.3. The second kappa shape index (κ2) is 12.9. The van der Waals surface area contributed by atoms with Crippen LogP contribution in [-0.2, 0) is 6.42 Å². The van der Waals surface area contributed by atoms with Crippen molar-refractivity contribution < 1.29 is 0 Å². The van der Waals surface area contributed by atoms with Gasteiger partial charge in [-0.2, -0.15) is 15.4 Å². The molecule has 1 aromatic carbocycles. The standard InChI is InChI=1S/C22H37N3/c1-2-3-4-5-6-7-8-9-10-11-12-13-14-15-16-20-17-18-21-22(19-20)24-25-23-21/h17-19H,2-16H2,1H3,(H,23,24,25). The Kier molecular flexibility index (Phi) is 10.3. The molecule has 140 valence electrons. The average molecular weight is 344 g/mol. The van der Waals surface area contributed by atoms with E-state index in [0.29, 0.717) is 0 Å². The Morgan fingerprint density at radius 1 is 0.640 bits per heavy atom. The van der Waals surface area contributed by atoms with Crippen LogP contribution >= 0.6 is 0 Å². The molecule has 1 heterocycles. The number of aryl methyl sites for hydroxylation is 1. The molecule has 0 atom stereocenters. The zero-order valence-electron chi connectivity index (χ0n) is 16.2. The van der Waals surface area contributed by atoms with Crippen LogP contribution in [0.2, 0.25) is 0 Å². The van der Waals surface area contributed by atoms with Gasteiger partial charge in [0.2, 0.25) is 0 Å². The molecule has 0 aliphatic carbocycles. The summed E-state index contributed by atoms with van der Waals surface area (Å²) in [6.07, 6.45) is 21.0. The summed E-state index contributed by atoms with van der Waals surface area (Å²) >= 11 is 0. The summed E-state index contributed by atoms with van der Waals surface area (Å²) in [5, 5.41) is 10.9. The van der Waals surface area contributed by atoms with Crippen molar-refractivity contribution in [1.82, 2.24) is 15.4 Å². The van der Waals surface area contributed by atoms with Gasteiger partial charge in [-0.05, 0) is 30.5 Å². The van der Waals surface area contributed by atoms with Crippen molar-refractivity contribution in [3.05, 3.63) is 23.8 Å². The quantitative estimate of drug-likeness (QED) is 0.354. The van der Waals surface area contributed by atoms with E-state index in [1.807, 2.05) is 0 Å². The fourth-order valence-corrected chi connectivity index (χ4v) is 3.57. The SMILES string of the molecule is CCCCCCCCCCCCCCCCc1ccc2n[nH]nc2c1. The fraction of sp³-hybridized carbons (Fsp3) is 0.727. The van der Waals surface area contributed by atoms with E-state index in [-0.39, 0.29) is 0 Å². The Hall–Kier alpha value is -1.38. The molecule has 0 unspecified atom stereocenters. The minimum atomic E-state index is 0.963. The molecule has 2 rings (SSSR count). The van der Waals surface area contributed by atoms with E-state index in [4.69, 9.17) is 0 Å². The zero-order chi connectivity index (χ0) is 17.6. The largest absolute Gasteiger partial charge is 0.197 e. The van der Waals surface area contributed by atoms with Gasteiger partial charge in [0.15, 0.2) is 0 Å². The highest BCUT2D eigenvalue weighted by Crippen LogP contribution is 2.15. The molecular formula is C22H37N3. The molecule has 0 amide bonds. The van der Waals surface area contributed by atoms with E-state index in [1.165, 1.54) is 102 Å². The molecule has 0 saturated heterocycles. The van der Waals surface area contributed by atoms with Gasteiger partial charge in [-0.25, -0.2) is 0 Å². The number of nitrogens with zero attached hydrogens (tertiary/aromatic N) is 2. The third-order valence-electron chi connectivity index (χ3n) is 5.20. The van der Waals surface area contributed by atoms with Crippen LogP contribution in [0, 0.1) is 0 Å². The topological polar surface area (TPSA) is 41.6 Å². The molecule has 1 N–H and O–H groups in total. The zero-order valence-corrected chi connectivity index (χ0v) is 16.2. The van der Waals surface area contributed by atoms with Crippen molar-refractivity contribution in [2.45, 2.75) is 103 Å². The first-order valence-corrected chi connectivity index (χ1v) is 10.7. The first-order chi connectivity index (χ1) is 12.4. The van der Waals surface area contributed by atoms with Crippen LogP contribution in [0.15, 0.2) is 18.2 Å². The number of nitrogens with one attached hydrogen (secondary N) is 1. The van der Waals surface area contributed by atoms with Gasteiger partial charge in [0.1, 0.15) is 11.0 Å². The number of aromatic amines is 1. The molecule has 0 saturated carbocycles. The van der Waals surface area contributed by atoms with E-state index in [2.05, 4.69) is 40.5 Å². The monoisotopic (exact) mass is 343 g/mol. The molecule has 3 nitrogen and oxygen atoms in total. The Morgan fingerprint density at radius 3 is 1.76 bits per heavy atom. The molecule has 25 heavy (non-hydrogen) atoms. The lowest BCUT2D eigenvalue weighted by atomic mass is 10.0. The molecular weight excluding hydrogens is 306 g/mol. The summed E-state index contributed by atoms with van der Waals surface area (Å²) in [6.45, 7) is 2.29. The van der Waals surface area contributed by atoms with Crippen LogP contribution in [0.5, 0.6) is 0 Å². The summed E-state index contributed by atoms with van der Waals surface area (Å²) < 4.78 is 0. The smallest absolute Gasteiger partial charge is 0.113 e. The van der Waals surface area contributed by atoms with Crippen LogP contribution in [0.1, 0.15) is 102 Å². The molecule has 0 aliphatic rings. The van der Waals surface area contributed by atoms with Crippen molar-refractivity contribution in [2.24, 2.45) is 0 Å². The highest BCUT2D eigenvalue weighted by Gasteiger charge is 2.00. The maximum Gasteiger partial charge on any atom is 0.113 e. The van der Waals surface area contributed by atoms with Crippen molar-refractivity contribution in [1.29, 1.82) is 0 Å². The predicted molar refractivity (Wildman–Crippen MR) is 108 cm³/mol. The molecule has 0 spiro atoms. The normalized spacial score (nSPS) is 11.4. The van der Waals surface area contributed by atoms with E-state index in [0.717, 1.165) is 11.0 Å². The van der Waals surface area contributed by atoms with Crippen LogP contribution in [0.25, 0.3) is 11.0 Å². The molecule has 0 aliphatic heterocycles. The third-order valence-corrected chi connectivity index (χ3v) is 5.20. The van der Waals surface area contributed by atoms with E-state index in [9.17, 15) is 0 Å². The first kappa shape index (κ1) is 19.9. The summed E-state index contributed by atoms with van der Waals surface area (Å²) in [6, 6.07) is 6.42. The van der Waals surface area contributed by atoms with Gasteiger partial charge in [-0.1, -0.05) is 96.5 Å². The molecule has 0 bridgehead atoms. The van der Waals surface area contributed by atoms with Gasteiger partial charge in [0.25, 0.3) is 0 Å². The maximum atomic E-state index is 4.16. The van der Waals surface area contributed by atoms with Crippen molar-refractivity contribution in [3.63, 3.8) is 0 Å². The molecule has 1 aromatic heterocycles. The van der Waals surface area contributed by atoms with Gasteiger partial charge < -0.3 is 0 Å². The van der Waals surface area contributed by atoms with Gasteiger partial charge in [0.05, 0.1) is 0 Å². The highest BCUT2D eigenvalue weighted by molar-refractivity contribution is 5.74. The van der Waals surface area contributed by atoms with Crippen LogP contribution in [0.3, 0.4) is 0 Å². The van der Waals surface area contributed by atoms with Crippen molar-refractivity contribution in [2.75, 3.05) is 0 Å². The second-order valence-electron chi connectivity index (χ2n) is 7.49. The lowest BCUT2D eigenvalue weighted by Gasteiger charge is -2.04. The first-order valence-electron chi connectivity index (χ1n) is 10.7. The Morgan fingerprint density at radius 2 is 1.16 bits per heavy atom. The van der Waals surface area contributed by atoms with Crippen molar-refractivity contribution in [3.8, 4) is 0 Å². The number of rotatable bonds is 15. The summed E-state index contributed by atoms with van der Waals surface area (Å²) in [4.78, 5) is 0. The number of unbranched alkanes of at least 4 members (excludes halogenated alkanes) is 13. The Balaban J connectivity index is 1.36. The fourth-order valence-electron chi connectivity index (χ4n) is 3.57. The molecule has 0 fully saturated rings. The minimum Gasteiger partial charge on any atom is -0.197 e.